The first-order valence-corrected chi connectivity index (χ1v) is 9.33. The molecule has 0 bridgehead atoms. The molecule has 2 atom stereocenters. The van der Waals surface area contributed by atoms with Crippen LogP contribution in [0, 0.1) is 0 Å². The third-order valence-electron chi connectivity index (χ3n) is 4.39. The fourth-order valence-corrected chi connectivity index (χ4v) is 3.98. The smallest absolute Gasteiger partial charge is 0.219 e. The Hall–Kier alpha value is -0.740. The summed E-state index contributed by atoms with van der Waals surface area (Å²) >= 11 is 0. The SMILES string of the molecule is CC(=O)N1CCC(O)(CN2C[C@@H](O)[C@H](NS(C)(=O)=O)C2)CC1. The van der Waals surface area contributed by atoms with Crippen LogP contribution >= 0.6 is 0 Å². The molecular formula is C13H25N3O5S. The molecule has 22 heavy (non-hydrogen) atoms. The number of rotatable bonds is 4. The lowest BCUT2D eigenvalue weighted by Crippen LogP contribution is -2.51. The van der Waals surface area contributed by atoms with Gasteiger partial charge in [-0.05, 0) is 12.8 Å². The van der Waals surface area contributed by atoms with Crippen LogP contribution in [0.4, 0.5) is 0 Å². The van der Waals surface area contributed by atoms with Crippen molar-refractivity contribution in [3.05, 3.63) is 0 Å². The predicted molar refractivity (Wildman–Crippen MR) is 80.7 cm³/mol. The van der Waals surface area contributed by atoms with Gasteiger partial charge in [0.1, 0.15) is 0 Å². The number of carbonyl (C=O) groups is 1. The van der Waals surface area contributed by atoms with Crippen LogP contribution in [0.15, 0.2) is 0 Å². The van der Waals surface area contributed by atoms with E-state index in [1.54, 1.807) is 4.90 Å². The molecule has 128 valence electrons. The zero-order chi connectivity index (χ0) is 16.5. The Balaban J connectivity index is 1.88. The van der Waals surface area contributed by atoms with Gasteiger partial charge in [-0.25, -0.2) is 13.1 Å². The van der Waals surface area contributed by atoms with E-state index in [-0.39, 0.29) is 5.91 Å². The number of sulfonamides is 1. The van der Waals surface area contributed by atoms with Gasteiger partial charge in [0.25, 0.3) is 0 Å². The fourth-order valence-electron chi connectivity index (χ4n) is 3.20. The number of aliphatic hydroxyl groups excluding tert-OH is 1. The number of carbonyl (C=O) groups excluding carboxylic acids is 1. The Morgan fingerprint density at radius 2 is 1.91 bits per heavy atom. The molecule has 0 aromatic heterocycles. The molecular weight excluding hydrogens is 310 g/mol. The summed E-state index contributed by atoms with van der Waals surface area (Å²) in [5, 5.41) is 20.6. The number of likely N-dealkylation sites (tertiary alicyclic amines) is 2. The fraction of sp³-hybridized carbons (Fsp3) is 0.923. The second-order valence-corrected chi connectivity index (χ2v) is 8.27. The summed E-state index contributed by atoms with van der Waals surface area (Å²) in [5.74, 6) is 0.0102. The Morgan fingerprint density at radius 3 is 2.41 bits per heavy atom. The van der Waals surface area contributed by atoms with Crippen molar-refractivity contribution >= 4 is 15.9 Å². The van der Waals surface area contributed by atoms with Crippen LogP contribution in [-0.2, 0) is 14.8 Å². The van der Waals surface area contributed by atoms with E-state index in [9.17, 15) is 23.4 Å². The normalized spacial score (nSPS) is 29.7. The minimum absolute atomic E-state index is 0.0102. The number of hydrogen-bond donors (Lipinski definition) is 3. The Kier molecular flexibility index (Phi) is 5.13. The average Bonchev–Trinajstić information content (AvgIpc) is 2.67. The molecule has 9 heteroatoms. The molecule has 0 radical (unpaired) electrons. The highest BCUT2D eigenvalue weighted by molar-refractivity contribution is 7.88. The first-order valence-electron chi connectivity index (χ1n) is 7.44. The molecule has 2 aliphatic rings. The van der Waals surface area contributed by atoms with Crippen molar-refractivity contribution < 1.29 is 23.4 Å². The number of hydrogen-bond acceptors (Lipinski definition) is 6. The number of nitrogens with one attached hydrogen (secondary N) is 1. The van der Waals surface area contributed by atoms with Crippen molar-refractivity contribution in [2.45, 2.75) is 37.5 Å². The van der Waals surface area contributed by atoms with Crippen LogP contribution < -0.4 is 4.72 Å². The molecule has 2 heterocycles. The number of aliphatic hydroxyl groups is 2. The Bertz CT molecular complexity index is 516. The van der Waals surface area contributed by atoms with Crippen LogP contribution in [-0.4, -0.2) is 91.1 Å². The molecule has 2 saturated heterocycles. The van der Waals surface area contributed by atoms with Crippen LogP contribution in [0.1, 0.15) is 19.8 Å². The van der Waals surface area contributed by atoms with Gasteiger partial charge < -0.3 is 15.1 Å². The van der Waals surface area contributed by atoms with Crippen molar-refractivity contribution in [1.29, 1.82) is 0 Å². The molecule has 2 aliphatic heterocycles. The number of amides is 1. The largest absolute Gasteiger partial charge is 0.390 e. The Morgan fingerprint density at radius 1 is 1.32 bits per heavy atom. The Labute approximate surface area is 131 Å². The average molecular weight is 335 g/mol. The lowest BCUT2D eigenvalue weighted by Gasteiger charge is -2.39. The van der Waals surface area contributed by atoms with Crippen molar-refractivity contribution in [2.24, 2.45) is 0 Å². The zero-order valence-electron chi connectivity index (χ0n) is 13.0. The van der Waals surface area contributed by atoms with E-state index in [0.29, 0.717) is 45.6 Å². The maximum absolute atomic E-state index is 11.3. The van der Waals surface area contributed by atoms with Crippen LogP contribution in [0.25, 0.3) is 0 Å². The van der Waals surface area contributed by atoms with E-state index in [1.165, 1.54) is 6.92 Å². The van der Waals surface area contributed by atoms with Crippen molar-refractivity contribution in [3.63, 3.8) is 0 Å². The molecule has 0 spiro atoms. The number of piperidine rings is 1. The third-order valence-corrected chi connectivity index (χ3v) is 5.12. The summed E-state index contributed by atoms with van der Waals surface area (Å²) in [6.07, 6.45) is 1.26. The van der Waals surface area contributed by atoms with Crippen LogP contribution in [0.2, 0.25) is 0 Å². The lowest BCUT2D eigenvalue weighted by atomic mass is 9.91. The van der Waals surface area contributed by atoms with Crippen molar-refractivity contribution in [1.82, 2.24) is 14.5 Å². The van der Waals surface area contributed by atoms with Crippen LogP contribution in [0.3, 0.4) is 0 Å². The van der Waals surface area contributed by atoms with E-state index in [2.05, 4.69) is 4.72 Å². The minimum Gasteiger partial charge on any atom is -0.390 e. The van der Waals surface area contributed by atoms with E-state index >= 15 is 0 Å². The maximum Gasteiger partial charge on any atom is 0.219 e. The van der Waals surface area contributed by atoms with Crippen molar-refractivity contribution in [3.8, 4) is 0 Å². The molecule has 3 N–H and O–H groups in total. The second kappa shape index (κ2) is 6.40. The predicted octanol–water partition coefficient (Wildman–Crippen LogP) is -2.05. The van der Waals surface area contributed by atoms with Gasteiger partial charge in [0, 0.05) is 39.6 Å². The van der Waals surface area contributed by atoms with E-state index < -0.39 is 27.8 Å². The highest BCUT2D eigenvalue weighted by Crippen LogP contribution is 2.25. The van der Waals surface area contributed by atoms with Gasteiger partial charge in [-0.2, -0.15) is 0 Å². The topological polar surface area (TPSA) is 110 Å². The first-order chi connectivity index (χ1) is 10.1. The zero-order valence-corrected chi connectivity index (χ0v) is 13.8. The molecule has 2 fully saturated rings. The summed E-state index contributed by atoms with van der Waals surface area (Å²) in [7, 11) is -3.37. The van der Waals surface area contributed by atoms with E-state index in [4.69, 9.17) is 0 Å². The highest BCUT2D eigenvalue weighted by atomic mass is 32.2. The summed E-state index contributed by atoms with van der Waals surface area (Å²) in [6.45, 7) is 3.62. The van der Waals surface area contributed by atoms with Gasteiger partial charge in [0.2, 0.25) is 15.9 Å². The summed E-state index contributed by atoms with van der Waals surface area (Å²) in [5.41, 5.74) is -0.897. The van der Waals surface area contributed by atoms with Crippen LogP contribution in [0.5, 0.6) is 0 Å². The molecule has 0 aromatic carbocycles. The molecule has 0 aromatic rings. The quantitative estimate of drug-likeness (QED) is 0.546. The number of nitrogens with zero attached hydrogens (tertiary/aromatic N) is 2. The second-order valence-electron chi connectivity index (χ2n) is 6.49. The van der Waals surface area contributed by atoms with Gasteiger partial charge in [-0.1, -0.05) is 0 Å². The molecule has 1 amide bonds. The van der Waals surface area contributed by atoms with E-state index in [0.717, 1.165) is 6.26 Å². The molecule has 2 rings (SSSR count). The maximum atomic E-state index is 11.3. The minimum atomic E-state index is -3.37. The van der Waals surface area contributed by atoms with Gasteiger partial charge in [0.15, 0.2) is 0 Å². The highest BCUT2D eigenvalue weighted by Gasteiger charge is 2.39. The van der Waals surface area contributed by atoms with Crippen molar-refractivity contribution in [2.75, 3.05) is 39.0 Å². The lowest BCUT2D eigenvalue weighted by molar-refractivity contribution is -0.133. The van der Waals surface area contributed by atoms with Gasteiger partial charge in [0.05, 0.1) is 24.0 Å². The monoisotopic (exact) mass is 335 g/mol. The number of β-amino-alcohol motifs (C(OH)–C–C–N with tert-alkyl or cyclic N) is 2. The van der Waals surface area contributed by atoms with Gasteiger partial charge >= 0.3 is 0 Å². The molecule has 0 aliphatic carbocycles. The summed E-state index contributed by atoms with van der Waals surface area (Å²) < 4.78 is 24.9. The van der Waals surface area contributed by atoms with E-state index in [1.807, 2.05) is 4.90 Å². The first kappa shape index (κ1) is 17.6. The van der Waals surface area contributed by atoms with Gasteiger partial charge in [-0.3, -0.25) is 9.69 Å². The summed E-state index contributed by atoms with van der Waals surface area (Å²) in [4.78, 5) is 14.9. The molecule has 8 nitrogen and oxygen atoms in total. The molecule has 0 unspecified atom stereocenters. The summed E-state index contributed by atoms with van der Waals surface area (Å²) in [6, 6.07) is -0.545. The molecule has 0 saturated carbocycles. The third kappa shape index (κ3) is 4.63. The standard InChI is InChI=1S/C13H25N3O5S/c1-10(17)16-5-3-13(19,4-6-16)9-15-7-11(12(18)8-15)14-22(2,20)21/h11-12,14,18-19H,3-9H2,1-2H3/t11-,12-/m1/s1. The van der Waals surface area contributed by atoms with Gasteiger partial charge in [-0.15, -0.1) is 0 Å².